The zero-order valence-corrected chi connectivity index (χ0v) is 13.8. The van der Waals surface area contributed by atoms with Crippen LogP contribution in [0.2, 0.25) is 0 Å². The van der Waals surface area contributed by atoms with Crippen LogP contribution in [-0.4, -0.2) is 18.5 Å². The van der Waals surface area contributed by atoms with Gasteiger partial charge in [-0.1, -0.05) is 6.07 Å². The van der Waals surface area contributed by atoms with Gasteiger partial charge in [0.25, 0.3) is 0 Å². The molecule has 0 bridgehead atoms. The molecule has 0 aliphatic carbocycles. The van der Waals surface area contributed by atoms with Gasteiger partial charge in [0, 0.05) is 5.38 Å². The fourth-order valence-corrected chi connectivity index (χ4v) is 3.98. The molecule has 0 fully saturated rings. The number of thiazole rings is 1. The van der Waals surface area contributed by atoms with Crippen molar-refractivity contribution in [3.8, 4) is 0 Å². The molecule has 0 spiro atoms. The second-order valence-electron chi connectivity index (χ2n) is 4.88. The van der Waals surface area contributed by atoms with Crippen LogP contribution in [0.15, 0.2) is 22.4 Å². The van der Waals surface area contributed by atoms with Crippen molar-refractivity contribution in [2.45, 2.75) is 38.8 Å². The molecule has 2 aromatic rings. The van der Waals surface area contributed by atoms with Crippen molar-refractivity contribution in [2.75, 3.05) is 0 Å². The topological polar surface area (TPSA) is 79.3 Å². The number of nitrogens with zero attached hydrogens (tertiary/aromatic N) is 1. The predicted molar refractivity (Wildman–Crippen MR) is 82.7 cm³/mol. The zero-order valence-electron chi connectivity index (χ0n) is 12.2. The monoisotopic (exact) mass is 326 g/mol. The predicted octanol–water partition coefficient (Wildman–Crippen LogP) is 2.04. The Morgan fingerprint density at radius 3 is 2.57 bits per heavy atom. The average molecular weight is 326 g/mol. The number of benzene rings is 1. The van der Waals surface area contributed by atoms with Crippen molar-refractivity contribution in [3.63, 3.8) is 0 Å². The molecule has 1 heterocycles. The highest BCUT2D eigenvalue weighted by molar-refractivity contribution is 7.89. The summed E-state index contributed by atoms with van der Waals surface area (Å²) in [6, 6.07) is 3.30. The maximum atomic E-state index is 12.4. The molecular formula is C14H18N2O3S2. The number of hydrogen-bond acceptors (Lipinski definition) is 5. The van der Waals surface area contributed by atoms with E-state index in [2.05, 4.69) is 9.71 Å². The minimum Gasteiger partial charge on any atom is -0.392 e. The van der Waals surface area contributed by atoms with Crippen molar-refractivity contribution in [3.05, 3.63) is 44.9 Å². The Hall–Kier alpha value is -1.28. The van der Waals surface area contributed by atoms with Gasteiger partial charge >= 0.3 is 0 Å². The molecule has 0 amide bonds. The third-order valence-electron chi connectivity index (χ3n) is 3.26. The minimum atomic E-state index is -3.63. The summed E-state index contributed by atoms with van der Waals surface area (Å²) in [5, 5.41) is 12.0. The van der Waals surface area contributed by atoms with Gasteiger partial charge in [-0.3, -0.25) is 0 Å². The quantitative estimate of drug-likeness (QED) is 0.881. The molecule has 5 nitrogen and oxygen atoms in total. The van der Waals surface area contributed by atoms with Gasteiger partial charge in [0.15, 0.2) is 0 Å². The SMILES string of the molecule is Cc1nc(CNS(=O)(=O)c2cc(CO)cc(C)c2C)cs1. The van der Waals surface area contributed by atoms with E-state index < -0.39 is 10.0 Å². The van der Waals surface area contributed by atoms with Gasteiger partial charge in [-0.25, -0.2) is 18.1 Å². The number of hydrogen-bond donors (Lipinski definition) is 2. The summed E-state index contributed by atoms with van der Waals surface area (Å²) < 4.78 is 27.4. The second-order valence-corrected chi connectivity index (χ2v) is 7.67. The highest BCUT2D eigenvalue weighted by Crippen LogP contribution is 2.21. The summed E-state index contributed by atoms with van der Waals surface area (Å²) in [5.74, 6) is 0. The van der Waals surface area contributed by atoms with E-state index in [0.717, 1.165) is 10.6 Å². The van der Waals surface area contributed by atoms with Crippen LogP contribution >= 0.6 is 11.3 Å². The molecule has 0 saturated carbocycles. The smallest absolute Gasteiger partial charge is 0.241 e. The summed E-state index contributed by atoms with van der Waals surface area (Å²) in [5.41, 5.74) is 2.82. The number of aliphatic hydroxyl groups excluding tert-OH is 1. The van der Waals surface area contributed by atoms with Crippen molar-refractivity contribution in [1.82, 2.24) is 9.71 Å². The number of aromatic nitrogens is 1. The number of rotatable bonds is 5. The summed E-state index contributed by atoms with van der Waals surface area (Å²) in [4.78, 5) is 4.44. The van der Waals surface area contributed by atoms with E-state index in [0.29, 0.717) is 16.8 Å². The zero-order chi connectivity index (χ0) is 15.6. The highest BCUT2D eigenvalue weighted by atomic mass is 32.2. The molecular weight excluding hydrogens is 308 g/mol. The van der Waals surface area contributed by atoms with E-state index in [-0.39, 0.29) is 18.0 Å². The van der Waals surface area contributed by atoms with Crippen LogP contribution in [0.3, 0.4) is 0 Å². The van der Waals surface area contributed by atoms with Crippen LogP contribution in [0.5, 0.6) is 0 Å². The molecule has 1 aromatic carbocycles. The Morgan fingerprint density at radius 2 is 2.00 bits per heavy atom. The maximum Gasteiger partial charge on any atom is 0.241 e. The lowest BCUT2D eigenvalue weighted by molar-refractivity contribution is 0.281. The van der Waals surface area contributed by atoms with E-state index in [1.165, 1.54) is 17.4 Å². The Bertz CT molecular complexity index is 752. The lowest BCUT2D eigenvalue weighted by Crippen LogP contribution is -2.24. The number of sulfonamides is 1. The van der Waals surface area contributed by atoms with Crippen molar-refractivity contribution < 1.29 is 13.5 Å². The van der Waals surface area contributed by atoms with Gasteiger partial charge in [0.2, 0.25) is 10.0 Å². The standard InChI is InChI=1S/C14H18N2O3S2/c1-9-4-12(7-17)5-14(10(9)2)21(18,19)15-6-13-8-20-11(3)16-13/h4-5,8,15,17H,6-7H2,1-3H3. The molecule has 2 N–H and O–H groups in total. The van der Waals surface area contributed by atoms with Crippen LogP contribution in [0.4, 0.5) is 0 Å². The van der Waals surface area contributed by atoms with Gasteiger partial charge in [-0.15, -0.1) is 11.3 Å². The van der Waals surface area contributed by atoms with Crippen molar-refractivity contribution in [2.24, 2.45) is 0 Å². The van der Waals surface area contributed by atoms with E-state index in [9.17, 15) is 13.5 Å². The average Bonchev–Trinajstić information content (AvgIpc) is 2.85. The molecule has 0 aliphatic heterocycles. The first kappa shape index (κ1) is 16.1. The molecule has 0 radical (unpaired) electrons. The molecule has 0 unspecified atom stereocenters. The summed E-state index contributed by atoms with van der Waals surface area (Å²) in [6.07, 6.45) is 0. The number of nitrogens with one attached hydrogen (secondary N) is 1. The Labute approximate surface area is 128 Å². The van der Waals surface area contributed by atoms with E-state index in [4.69, 9.17) is 0 Å². The summed E-state index contributed by atoms with van der Waals surface area (Å²) >= 11 is 1.48. The number of aryl methyl sites for hydroxylation is 2. The normalized spacial score (nSPS) is 11.8. The molecule has 1 aromatic heterocycles. The maximum absolute atomic E-state index is 12.4. The van der Waals surface area contributed by atoms with Crippen molar-refractivity contribution in [1.29, 1.82) is 0 Å². The summed E-state index contributed by atoms with van der Waals surface area (Å²) in [7, 11) is -3.63. The van der Waals surface area contributed by atoms with Gasteiger partial charge < -0.3 is 5.11 Å². The van der Waals surface area contributed by atoms with Crippen LogP contribution in [0.1, 0.15) is 27.4 Å². The van der Waals surface area contributed by atoms with Gasteiger partial charge in [-0.05, 0) is 43.5 Å². The van der Waals surface area contributed by atoms with Gasteiger partial charge in [0.1, 0.15) is 0 Å². The van der Waals surface area contributed by atoms with Crippen LogP contribution in [-0.2, 0) is 23.2 Å². The van der Waals surface area contributed by atoms with E-state index in [1.807, 2.05) is 19.2 Å². The molecule has 0 aliphatic rings. The Kier molecular flexibility index (Phi) is 4.77. The van der Waals surface area contributed by atoms with Crippen LogP contribution in [0, 0.1) is 20.8 Å². The Balaban J connectivity index is 2.29. The highest BCUT2D eigenvalue weighted by Gasteiger charge is 2.19. The fraction of sp³-hybridized carbons (Fsp3) is 0.357. The van der Waals surface area contributed by atoms with Gasteiger partial charge in [0.05, 0.1) is 28.7 Å². The van der Waals surface area contributed by atoms with E-state index >= 15 is 0 Å². The molecule has 114 valence electrons. The van der Waals surface area contributed by atoms with Gasteiger partial charge in [-0.2, -0.15) is 0 Å². The van der Waals surface area contributed by atoms with Crippen LogP contribution in [0.25, 0.3) is 0 Å². The molecule has 2 rings (SSSR count). The molecule has 0 saturated heterocycles. The minimum absolute atomic E-state index is 0.161. The molecule has 7 heteroatoms. The van der Waals surface area contributed by atoms with Crippen LogP contribution < -0.4 is 4.72 Å². The molecule has 0 atom stereocenters. The third-order valence-corrected chi connectivity index (χ3v) is 5.61. The third kappa shape index (κ3) is 3.68. The first-order valence-electron chi connectivity index (χ1n) is 6.45. The second kappa shape index (κ2) is 6.23. The lowest BCUT2D eigenvalue weighted by atomic mass is 10.1. The fourth-order valence-electron chi connectivity index (χ4n) is 2.01. The first-order chi connectivity index (χ1) is 9.83. The van der Waals surface area contributed by atoms with Crippen molar-refractivity contribution >= 4 is 21.4 Å². The summed E-state index contributed by atoms with van der Waals surface area (Å²) in [6.45, 7) is 5.44. The Morgan fingerprint density at radius 1 is 1.29 bits per heavy atom. The largest absolute Gasteiger partial charge is 0.392 e. The molecule has 21 heavy (non-hydrogen) atoms. The van der Waals surface area contributed by atoms with E-state index in [1.54, 1.807) is 13.0 Å². The first-order valence-corrected chi connectivity index (χ1v) is 8.81. The number of aliphatic hydroxyl groups is 1. The lowest BCUT2D eigenvalue weighted by Gasteiger charge is -2.12.